The Morgan fingerprint density at radius 2 is 2.07 bits per heavy atom. The second-order valence-electron chi connectivity index (χ2n) is 2.95. The number of nitrogens with two attached hydrogens (primary N) is 2. The molecule has 0 saturated heterocycles. The van der Waals surface area contributed by atoms with Crippen LogP contribution >= 0.6 is 0 Å². The zero-order chi connectivity index (χ0) is 11.1. The first-order valence-electron chi connectivity index (χ1n) is 4.38. The molecule has 0 amide bonds. The second-order valence-corrected chi connectivity index (χ2v) is 2.95. The molecule has 82 valence electrons. The number of carboxylic acid groups (broad SMARTS) is 1. The van der Waals surface area contributed by atoms with Crippen molar-refractivity contribution in [1.82, 2.24) is 0 Å². The SMILES string of the molecule is CC(OC(=O)C(N)CCCN)C(=O)O. The van der Waals surface area contributed by atoms with Gasteiger partial charge in [-0.15, -0.1) is 0 Å². The molecule has 0 aromatic rings. The van der Waals surface area contributed by atoms with E-state index in [2.05, 4.69) is 4.74 Å². The third kappa shape index (κ3) is 4.78. The molecule has 14 heavy (non-hydrogen) atoms. The number of carbonyl (C=O) groups excluding carboxylic acids is 1. The zero-order valence-corrected chi connectivity index (χ0v) is 8.10. The Bertz CT molecular complexity index is 208. The van der Waals surface area contributed by atoms with Gasteiger partial charge in [0.25, 0.3) is 0 Å². The topological polar surface area (TPSA) is 116 Å². The van der Waals surface area contributed by atoms with Crippen LogP contribution in [0.15, 0.2) is 0 Å². The van der Waals surface area contributed by atoms with E-state index in [1.165, 1.54) is 6.92 Å². The normalized spacial score (nSPS) is 14.5. The molecule has 0 aliphatic heterocycles. The molecular weight excluding hydrogens is 188 g/mol. The molecule has 0 aromatic heterocycles. The molecule has 0 aliphatic carbocycles. The average Bonchev–Trinajstić information content (AvgIpc) is 2.13. The summed E-state index contributed by atoms with van der Waals surface area (Å²) in [6.45, 7) is 1.71. The summed E-state index contributed by atoms with van der Waals surface area (Å²) in [4.78, 5) is 21.4. The van der Waals surface area contributed by atoms with E-state index in [4.69, 9.17) is 16.6 Å². The molecule has 0 bridgehead atoms. The van der Waals surface area contributed by atoms with E-state index >= 15 is 0 Å². The monoisotopic (exact) mass is 204 g/mol. The first-order valence-corrected chi connectivity index (χ1v) is 4.38. The van der Waals surface area contributed by atoms with Crippen molar-refractivity contribution in [2.45, 2.75) is 31.9 Å². The number of carboxylic acids is 1. The Kier molecular flexibility index (Phi) is 5.82. The van der Waals surface area contributed by atoms with Gasteiger partial charge in [0.2, 0.25) is 0 Å². The third-order valence-electron chi connectivity index (χ3n) is 1.66. The molecule has 2 atom stereocenters. The van der Waals surface area contributed by atoms with Crippen molar-refractivity contribution >= 4 is 11.9 Å². The van der Waals surface area contributed by atoms with Gasteiger partial charge in [-0.25, -0.2) is 4.79 Å². The van der Waals surface area contributed by atoms with Gasteiger partial charge in [-0.1, -0.05) is 0 Å². The summed E-state index contributed by atoms with van der Waals surface area (Å²) in [6.07, 6.45) is -0.147. The minimum absolute atomic E-state index is 0.404. The van der Waals surface area contributed by atoms with Crippen LogP contribution in [0.25, 0.3) is 0 Å². The highest BCUT2D eigenvalue weighted by molar-refractivity contribution is 5.80. The van der Waals surface area contributed by atoms with Gasteiger partial charge in [0, 0.05) is 0 Å². The lowest BCUT2D eigenvalue weighted by Crippen LogP contribution is -2.36. The first-order chi connectivity index (χ1) is 6.49. The van der Waals surface area contributed by atoms with Crippen LogP contribution in [0.2, 0.25) is 0 Å². The van der Waals surface area contributed by atoms with E-state index in [1.54, 1.807) is 0 Å². The summed E-state index contributed by atoms with van der Waals surface area (Å²) >= 11 is 0. The molecule has 0 aromatic carbocycles. The minimum Gasteiger partial charge on any atom is -0.479 e. The van der Waals surface area contributed by atoms with Gasteiger partial charge >= 0.3 is 11.9 Å². The molecule has 0 rings (SSSR count). The van der Waals surface area contributed by atoms with E-state index in [0.717, 1.165) is 0 Å². The molecule has 0 heterocycles. The zero-order valence-electron chi connectivity index (χ0n) is 8.10. The van der Waals surface area contributed by atoms with Gasteiger partial charge in [0.1, 0.15) is 6.04 Å². The Morgan fingerprint density at radius 3 is 2.50 bits per heavy atom. The maximum absolute atomic E-state index is 11.1. The van der Waals surface area contributed by atoms with Crippen molar-refractivity contribution in [3.05, 3.63) is 0 Å². The summed E-state index contributed by atoms with van der Waals surface area (Å²) < 4.78 is 4.57. The quantitative estimate of drug-likeness (QED) is 0.481. The van der Waals surface area contributed by atoms with Gasteiger partial charge in [-0.05, 0) is 26.3 Å². The van der Waals surface area contributed by atoms with E-state index < -0.39 is 24.1 Å². The van der Waals surface area contributed by atoms with E-state index in [1.807, 2.05) is 0 Å². The lowest BCUT2D eigenvalue weighted by molar-refractivity contribution is -0.163. The van der Waals surface area contributed by atoms with E-state index in [9.17, 15) is 9.59 Å². The number of rotatable bonds is 6. The maximum atomic E-state index is 11.1. The minimum atomic E-state index is -1.19. The summed E-state index contributed by atoms with van der Waals surface area (Å²) in [5.74, 6) is -1.89. The number of hydrogen-bond acceptors (Lipinski definition) is 5. The highest BCUT2D eigenvalue weighted by Crippen LogP contribution is 1.99. The predicted molar refractivity (Wildman–Crippen MR) is 49.5 cm³/mol. The van der Waals surface area contributed by atoms with Gasteiger partial charge in [-0.3, -0.25) is 4.79 Å². The van der Waals surface area contributed by atoms with Gasteiger partial charge in [-0.2, -0.15) is 0 Å². The van der Waals surface area contributed by atoms with Crippen molar-refractivity contribution in [3.63, 3.8) is 0 Å². The van der Waals surface area contributed by atoms with Crippen molar-refractivity contribution < 1.29 is 19.4 Å². The fourth-order valence-corrected chi connectivity index (χ4v) is 0.768. The van der Waals surface area contributed by atoms with Gasteiger partial charge in [0.05, 0.1) is 0 Å². The van der Waals surface area contributed by atoms with Crippen LogP contribution in [0.5, 0.6) is 0 Å². The van der Waals surface area contributed by atoms with Crippen LogP contribution in [-0.2, 0) is 14.3 Å². The number of aliphatic carboxylic acids is 1. The smallest absolute Gasteiger partial charge is 0.344 e. The van der Waals surface area contributed by atoms with Crippen LogP contribution in [0.4, 0.5) is 0 Å². The Balaban J connectivity index is 3.88. The molecule has 0 spiro atoms. The van der Waals surface area contributed by atoms with E-state index in [0.29, 0.717) is 19.4 Å². The standard InChI is InChI=1S/C8H16N2O4/c1-5(7(11)12)14-8(13)6(10)3-2-4-9/h5-6H,2-4,9-10H2,1H3,(H,11,12). The number of esters is 1. The number of hydrogen-bond donors (Lipinski definition) is 3. The van der Waals surface area contributed by atoms with Crippen LogP contribution in [0.1, 0.15) is 19.8 Å². The molecule has 5 N–H and O–H groups in total. The number of ether oxygens (including phenoxy) is 1. The second kappa shape index (κ2) is 6.33. The fourth-order valence-electron chi connectivity index (χ4n) is 0.768. The highest BCUT2D eigenvalue weighted by Gasteiger charge is 2.20. The van der Waals surface area contributed by atoms with E-state index in [-0.39, 0.29) is 0 Å². The molecule has 0 fully saturated rings. The van der Waals surface area contributed by atoms with Crippen LogP contribution in [-0.4, -0.2) is 35.7 Å². The van der Waals surface area contributed by atoms with Crippen LogP contribution in [0, 0.1) is 0 Å². The lowest BCUT2D eigenvalue weighted by Gasteiger charge is -2.13. The summed E-state index contributed by atoms with van der Waals surface area (Å²) in [5.41, 5.74) is 10.7. The predicted octanol–water partition coefficient (Wildman–Crippen LogP) is -0.931. The third-order valence-corrected chi connectivity index (χ3v) is 1.66. The van der Waals surface area contributed by atoms with Crippen LogP contribution in [0.3, 0.4) is 0 Å². The summed E-state index contributed by atoms with van der Waals surface area (Å²) in [7, 11) is 0. The Morgan fingerprint density at radius 1 is 1.50 bits per heavy atom. The van der Waals surface area contributed by atoms with Crippen LogP contribution < -0.4 is 11.5 Å². The molecule has 0 radical (unpaired) electrons. The van der Waals surface area contributed by atoms with Crippen molar-refractivity contribution in [1.29, 1.82) is 0 Å². The Labute approximate surface area is 82.2 Å². The van der Waals surface area contributed by atoms with Crippen molar-refractivity contribution in [2.75, 3.05) is 6.54 Å². The first kappa shape index (κ1) is 12.9. The molecule has 0 saturated carbocycles. The summed E-state index contributed by atoms with van der Waals surface area (Å²) in [5, 5.41) is 8.45. The average molecular weight is 204 g/mol. The maximum Gasteiger partial charge on any atom is 0.344 e. The van der Waals surface area contributed by atoms with Crippen molar-refractivity contribution in [3.8, 4) is 0 Å². The van der Waals surface area contributed by atoms with Gasteiger partial charge < -0.3 is 21.3 Å². The molecule has 6 nitrogen and oxygen atoms in total. The highest BCUT2D eigenvalue weighted by atomic mass is 16.6. The largest absolute Gasteiger partial charge is 0.479 e. The van der Waals surface area contributed by atoms with Crippen molar-refractivity contribution in [2.24, 2.45) is 11.5 Å². The fraction of sp³-hybridized carbons (Fsp3) is 0.750. The number of carbonyl (C=O) groups is 2. The van der Waals surface area contributed by atoms with Gasteiger partial charge in [0.15, 0.2) is 6.10 Å². The summed E-state index contributed by atoms with van der Waals surface area (Å²) in [6, 6.07) is -0.791. The molecule has 6 heteroatoms. The molecule has 2 unspecified atom stereocenters. The lowest BCUT2D eigenvalue weighted by atomic mass is 10.2. The molecular formula is C8H16N2O4. The molecule has 0 aliphatic rings. The Hall–Kier alpha value is -1.14.